The maximum Gasteiger partial charge on any atom is 0.227 e. The molecular weight excluding hydrogens is 202 g/mol. The molecule has 2 fully saturated rings. The van der Waals surface area contributed by atoms with Crippen LogP contribution >= 0.6 is 0 Å². The fourth-order valence-corrected chi connectivity index (χ4v) is 3.69. The number of ketones is 1. The van der Waals surface area contributed by atoms with Gasteiger partial charge in [0, 0.05) is 18.4 Å². The molecule has 3 nitrogen and oxygen atoms in total. The number of nitrogens with one attached hydrogen (secondary N) is 1. The Hall–Kier alpha value is -0.860. The van der Waals surface area contributed by atoms with E-state index in [1.54, 1.807) is 0 Å². The highest BCUT2D eigenvalue weighted by Crippen LogP contribution is 2.70. The first-order chi connectivity index (χ1) is 7.32. The van der Waals surface area contributed by atoms with E-state index in [-0.39, 0.29) is 22.5 Å². The second-order valence-electron chi connectivity index (χ2n) is 6.00. The van der Waals surface area contributed by atoms with Crippen molar-refractivity contribution in [3.05, 3.63) is 0 Å². The van der Waals surface area contributed by atoms with Crippen molar-refractivity contribution in [3.8, 4) is 0 Å². The Bertz CT molecular complexity index is 361. The second kappa shape index (κ2) is 3.08. The molecule has 2 bridgehead atoms. The Morgan fingerprint density at radius 3 is 2.31 bits per heavy atom. The Balaban J connectivity index is 2.44. The molecule has 2 saturated carbocycles. The molecule has 0 saturated heterocycles. The van der Waals surface area contributed by atoms with E-state index in [2.05, 4.69) is 19.2 Å². The summed E-state index contributed by atoms with van der Waals surface area (Å²) < 4.78 is 0. The quantitative estimate of drug-likeness (QED) is 0.777. The molecule has 0 aliphatic heterocycles. The van der Waals surface area contributed by atoms with Crippen LogP contribution in [0.4, 0.5) is 0 Å². The molecule has 2 aliphatic carbocycles. The third-order valence-corrected chi connectivity index (χ3v) is 5.48. The van der Waals surface area contributed by atoms with Crippen LogP contribution in [0.1, 0.15) is 47.0 Å². The van der Waals surface area contributed by atoms with Crippen molar-refractivity contribution >= 4 is 11.7 Å². The van der Waals surface area contributed by atoms with Crippen LogP contribution in [-0.4, -0.2) is 18.2 Å². The third-order valence-electron chi connectivity index (χ3n) is 5.48. The highest BCUT2D eigenvalue weighted by molar-refractivity contribution is 5.99. The number of carbonyl (C=O) groups excluding carboxylic acids is 2. The lowest BCUT2D eigenvalue weighted by Gasteiger charge is -2.38. The lowest BCUT2D eigenvalue weighted by atomic mass is 9.64. The zero-order valence-corrected chi connectivity index (χ0v) is 10.6. The molecule has 2 atom stereocenters. The topological polar surface area (TPSA) is 46.2 Å². The van der Waals surface area contributed by atoms with Crippen molar-refractivity contribution in [2.75, 3.05) is 6.54 Å². The molecule has 16 heavy (non-hydrogen) atoms. The van der Waals surface area contributed by atoms with E-state index in [1.807, 2.05) is 13.8 Å². The first kappa shape index (κ1) is 11.6. The molecule has 3 heteroatoms. The number of fused-ring (bicyclic) bond motifs is 2. The summed E-state index contributed by atoms with van der Waals surface area (Å²) >= 11 is 0. The summed E-state index contributed by atoms with van der Waals surface area (Å²) in [5.41, 5.74) is -0.955. The van der Waals surface area contributed by atoms with Gasteiger partial charge in [-0.05, 0) is 25.2 Å². The summed E-state index contributed by atoms with van der Waals surface area (Å²) in [7, 11) is 0. The van der Waals surface area contributed by atoms with Gasteiger partial charge in [-0.3, -0.25) is 9.59 Å². The molecule has 1 amide bonds. The maximum atomic E-state index is 12.3. The van der Waals surface area contributed by atoms with Gasteiger partial charge in [-0.25, -0.2) is 0 Å². The van der Waals surface area contributed by atoms with E-state index >= 15 is 0 Å². The van der Waals surface area contributed by atoms with Gasteiger partial charge >= 0.3 is 0 Å². The van der Waals surface area contributed by atoms with E-state index in [1.165, 1.54) is 0 Å². The van der Waals surface area contributed by atoms with Gasteiger partial charge in [-0.1, -0.05) is 20.8 Å². The van der Waals surface area contributed by atoms with Gasteiger partial charge in [0.05, 0.1) is 5.41 Å². The van der Waals surface area contributed by atoms with Crippen molar-refractivity contribution in [2.24, 2.45) is 16.2 Å². The number of carbonyl (C=O) groups is 2. The van der Waals surface area contributed by atoms with Crippen molar-refractivity contribution in [1.29, 1.82) is 0 Å². The minimum Gasteiger partial charge on any atom is -0.356 e. The van der Waals surface area contributed by atoms with Crippen LogP contribution in [0.25, 0.3) is 0 Å². The van der Waals surface area contributed by atoms with Gasteiger partial charge in [0.2, 0.25) is 5.91 Å². The normalized spacial score (nSPS) is 40.1. The van der Waals surface area contributed by atoms with Gasteiger partial charge in [-0.15, -0.1) is 0 Å². The maximum absolute atomic E-state index is 12.3. The molecule has 90 valence electrons. The molecule has 0 aromatic carbocycles. The predicted octanol–water partition coefficient (Wildman–Crippen LogP) is 1.91. The van der Waals surface area contributed by atoms with Crippen molar-refractivity contribution in [1.82, 2.24) is 5.32 Å². The molecule has 0 spiro atoms. The molecule has 0 aromatic rings. The summed E-state index contributed by atoms with van der Waals surface area (Å²) in [4.78, 5) is 24.4. The SMILES string of the molecule is CCNC(=O)C12CCC(C)(C(=O)C1)C2(C)C. The zero-order valence-electron chi connectivity index (χ0n) is 10.6. The smallest absolute Gasteiger partial charge is 0.227 e. The lowest BCUT2D eigenvalue weighted by Crippen LogP contribution is -2.46. The molecule has 2 rings (SSSR count). The van der Waals surface area contributed by atoms with Crippen LogP contribution in [-0.2, 0) is 9.59 Å². The monoisotopic (exact) mass is 223 g/mol. The van der Waals surface area contributed by atoms with E-state index < -0.39 is 5.41 Å². The Kier molecular flexibility index (Phi) is 2.24. The minimum atomic E-state index is -0.450. The summed E-state index contributed by atoms with van der Waals surface area (Å²) in [6, 6.07) is 0. The molecule has 0 radical (unpaired) electrons. The van der Waals surface area contributed by atoms with Crippen LogP contribution < -0.4 is 5.32 Å². The second-order valence-corrected chi connectivity index (χ2v) is 6.00. The van der Waals surface area contributed by atoms with E-state index in [0.717, 1.165) is 12.8 Å². The molecule has 0 heterocycles. The zero-order chi connectivity index (χ0) is 12.2. The summed E-state index contributed by atoms with van der Waals surface area (Å²) in [5.74, 6) is 0.351. The lowest BCUT2D eigenvalue weighted by molar-refractivity contribution is -0.136. The highest BCUT2D eigenvalue weighted by atomic mass is 16.2. The number of Topliss-reactive ketones (excluding diaryl/α,β-unsaturated/α-hetero) is 1. The Morgan fingerprint density at radius 1 is 1.31 bits per heavy atom. The van der Waals surface area contributed by atoms with Crippen LogP contribution in [0.15, 0.2) is 0 Å². The van der Waals surface area contributed by atoms with E-state index in [4.69, 9.17) is 0 Å². The summed E-state index contributed by atoms with van der Waals surface area (Å²) in [6.07, 6.45) is 2.15. The molecular formula is C13H21NO2. The summed E-state index contributed by atoms with van der Waals surface area (Å²) in [6.45, 7) is 8.76. The largest absolute Gasteiger partial charge is 0.356 e. The standard InChI is InChI=1S/C13H21NO2/c1-5-14-10(16)13-7-6-12(4,9(15)8-13)11(13,2)3/h5-8H2,1-4H3,(H,14,16). The predicted molar refractivity (Wildman–Crippen MR) is 61.9 cm³/mol. The van der Waals surface area contributed by atoms with Gasteiger partial charge in [-0.2, -0.15) is 0 Å². The van der Waals surface area contributed by atoms with Crippen molar-refractivity contribution in [3.63, 3.8) is 0 Å². The first-order valence-corrected chi connectivity index (χ1v) is 6.13. The molecule has 2 unspecified atom stereocenters. The van der Waals surface area contributed by atoms with Crippen molar-refractivity contribution in [2.45, 2.75) is 47.0 Å². The highest BCUT2D eigenvalue weighted by Gasteiger charge is 2.72. The van der Waals surface area contributed by atoms with Crippen LogP contribution in [0.2, 0.25) is 0 Å². The average molecular weight is 223 g/mol. The van der Waals surface area contributed by atoms with Gasteiger partial charge in [0.25, 0.3) is 0 Å². The van der Waals surface area contributed by atoms with Gasteiger partial charge in [0.15, 0.2) is 0 Å². The third kappa shape index (κ3) is 0.994. The summed E-state index contributed by atoms with van der Waals surface area (Å²) in [5, 5.41) is 2.91. The molecule has 2 aliphatic rings. The van der Waals surface area contributed by atoms with Crippen molar-refractivity contribution < 1.29 is 9.59 Å². The first-order valence-electron chi connectivity index (χ1n) is 6.13. The molecule has 1 N–H and O–H groups in total. The van der Waals surface area contributed by atoms with E-state index in [9.17, 15) is 9.59 Å². The van der Waals surface area contributed by atoms with E-state index in [0.29, 0.717) is 13.0 Å². The number of hydrogen-bond donors (Lipinski definition) is 1. The van der Waals surface area contributed by atoms with Crippen LogP contribution in [0.5, 0.6) is 0 Å². The number of hydrogen-bond acceptors (Lipinski definition) is 2. The van der Waals surface area contributed by atoms with Gasteiger partial charge in [0.1, 0.15) is 5.78 Å². The average Bonchev–Trinajstić information content (AvgIpc) is 2.48. The minimum absolute atomic E-state index is 0.0783. The fraction of sp³-hybridized carbons (Fsp3) is 0.846. The Labute approximate surface area is 97.0 Å². The van der Waals surface area contributed by atoms with Gasteiger partial charge < -0.3 is 5.32 Å². The fourth-order valence-electron chi connectivity index (χ4n) is 3.69. The number of rotatable bonds is 2. The number of amides is 1. The molecule has 0 aromatic heterocycles. The Morgan fingerprint density at radius 2 is 1.94 bits per heavy atom. The van der Waals surface area contributed by atoms with Crippen LogP contribution in [0.3, 0.4) is 0 Å². The van der Waals surface area contributed by atoms with Crippen LogP contribution in [0, 0.1) is 16.2 Å².